The largest absolute Gasteiger partial charge is 0.354 e. The van der Waals surface area contributed by atoms with Crippen LogP contribution in [0.25, 0.3) is 0 Å². The summed E-state index contributed by atoms with van der Waals surface area (Å²) < 4.78 is 0. The summed E-state index contributed by atoms with van der Waals surface area (Å²) >= 11 is 0. The number of carbonyl (C=O) groups is 1. The van der Waals surface area contributed by atoms with Gasteiger partial charge in [-0.1, -0.05) is 0 Å². The van der Waals surface area contributed by atoms with E-state index in [9.17, 15) is 4.79 Å². The molecule has 0 atom stereocenters. The summed E-state index contributed by atoms with van der Waals surface area (Å²) in [6.07, 6.45) is 7.64. The summed E-state index contributed by atoms with van der Waals surface area (Å²) in [5.41, 5.74) is 5.43. The number of hydrogen-bond acceptors (Lipinski definition) is 3. The van der Waals surface area contributed by atoms with Gasteiger partial charge in [0.05, 0.1) is 0 Å². The van der Waals surface area contributed by atoms with E-state index in [2.05, 4.69) is 10.6 Å². The molecule has 0 radical (unpaired) electrons. The first-order valence-corrected chi connectivity index (χ1v) is 7.91. The molecule has 4 saturated carbocycles. The van der Waals surface area contributed by atoms with Crippen LogP contribution in [0.5, 0.6) is 0 Å². The molecule has 4 bridgehead atoms. The first-order valence-electron chi connectivity index (χ1n) is 7.91. The zero-order valence-corrected chi connectivity index (χ0v) is 11.8. The van der Waals surface area contributed by atoms with Crippen LogP contribution in [0.15, 0.2) is 0 Å². The molecule has 0 saturated heterocycles. The predicted octanol–water partition coefficient (Wildman–Crippen LogP) is 0.867. The topological polar surface area (TPSA) is 67.2 Å². The summed E-state index contributed by atoms with van der Waals surface area (Å²) in [7, 11) is 0. The number of rotatable bonds is 6. The van der Waals surface area contributed by atoms with E-state index in [1.54, 1.807) is 0 Å². The molecule has 0 heterocycles. The SMILES string of the molecule is NCCNCCNC(=O)C12CC3CC(CC(C3)C1)C2. The van der Waals surface area contributed by atoms with Crippen molar-refractivity contribution in [2.75, 3.05) is 26.2 Å². The number of carbonyl (C=O) groups excluding carboxylic acids is 1. The molecule has 4 heteroatoms. The first kappa shape index (κ1) is 13.4. The fourth-order valence-corrected chi connectivity index (χ4v) is 5.07. The monoisotopic (exact) mass is 265 g/mol. The fourth-order valence-electron chi connectivity index (χ4n) is 5.07. The highest BCUT2D eigenvalue weighted by molar-refractivity contribution is 5.83. The standard InChI is InChI=1S/C15H27N3O/c16-1-2-17-3-4-18-14(19)15-8-11-5-12(9-15)7-13(6-11)10-15/h11-13,17H,1-10,16H2,(H,18,19). The van der Waals surface area contributed by atoms with Crippen LogP contribution >= 0.6 is 0 Å². The first-order chi connectivity index (χ1) is 9.22. The van der Waals surface area contributed by atoms with Gasteiger partial charge in [-0.25, -0.2) is 0 Å². The Morgan fingerprint density at radius 3 is 2.11 bits per heavy atom. The van der Waals surface area contributed by atoms with Gasteiger partial charge < -0.3 is 16.4 Å². The Hall–Kier alpha value is -0.610. The third-order valence-corrected chi connectivity index (χ3v) is 5.43. The van der Waals surface area contributed by atoms with E-state index in [0.717, 1.165) is 56.7 Å². The zero-order valence-electron chi connectivity index (χ0n) is 11.8. The van der Waals surface area contributed by atoms with Crippen molar-refractivity contribution in [3.63, 3.8) is 0 Å². The average Bonchev–Trinajstić information content (AvgIpc) is 2.36. The van der Waals surface area contributed by atoms with Crippen LogP contribution in [-0.2, 0) is 4.79 Å². The van der Waals surface area contributed by atoms with Crippen molar-refractivity contribution < 1.29 is 4.79 Å². The van der Waals surface area contributed by atoms with E-state index in [0.29, 0.717) is 12.5 Å². The molecule has 0 aliphatic heterocycles. The maximum atomic E-state index is 12.6. The highest BCUT2D eigenvalue weighted by Crippen LogP contribution is 2.60. The minimum atomic E-state index is 0.00260. The van der Waals surface area contributed by atoms with E-state index < -0.39 is 0 Å². The Bertz CT molecular complexity index is 307. The maximum Gasteiger partial charge on any atom is 0.226 e. The molecule has 4 aliphatic carbocycles. The van der Waals surface area contributed by atoms with Crippen LogP contribution in [0.4, 0.5) is 0 Å². The molecule has 4 aliphatic rings. The van der Waals surface area contributed by atoms with Crippen molar-refractivity contribution in [1.29, 1.82) is 0 Å². The van der Waals surface area contributed by atoms with Gasteiger partial charge in [-0.3, -0.25) is 4.79 Å². The Morgan fingerprint density at radius 1 is 1.00 bits per heavy atom. The lowest BCUT2D eigenvalue weighted by atomic mass is 9.49. The van der Waals surface area contributed by atoms with Gasteiger partial charge >= 0.3 is 0 Å². The Morgan fingerprint density at radius 2 is 1.58 bits per heavy atom. The van der Waals surface area contributed by atoms with E-state index in [4.69, 9.17) is 5.73 Å². The Balaban J connectivity index is 1.52. The van der Waals surface area contributed by atoms with Crippen LogP contribution in [0.3, 0.4) is 0 Å². The van der Waals surface area contributed by atoms with Crippen molar-refractivity contribution in [3.05, 3.63) is 0 Å². The van der Waals surface area contributed by atoms with E-state index in [1.165, 1.54) is 19.3 Å². The van der Waals surface area contributed by atoms with E-state index in [1.807, 2.05) is 0 Å². The molecule has 0 spiro atoms. The third-order valence-electron chi connectivity index (χ3n) is 5.43. The maximum absolute atomic E-state index is 12.6. The normalized spacial score (nSPS) is 39.5. The molecule has 19 heavy (non-hydrogen) atoms. The molecule has 108 valence electrons. The molecule has 4 N–H and O–H groups in total. The minimum absolute atomic E-state index is 0.00260. The van der Waals surface area contributed by atoms with Gasteiger partial charge in [-0.2, -0.15) is 0 Å². The lowest BCUT2D eigenvalue weighted by Gasteiger charge is -2.55. The zero-order chi connectivity index (χ0) is 13.3. The van der Waals surface area contributed by atoms with Crippen molar-refractivity contribution in [2.45, 2.75) is 38.5 Å². The van der Waals surface area contributed by atoms with E-state index in [-0.39, 0.29) is 5.41 Å². The summed E-state index contributed by atoms with van der Waals surface area (Å²) in [6.45, 7) is 3.05. The van der Waals surface area contributed by atoms with Gasteiger partial charge in [-0.15, -0.1) is 0 Å². The third kappa shape index (κ3) is 2.65. The van der Waals surface area contributed by atoms with Gasteiger partial charge in [-0.05, 0) is 56.3 Å². The Kier molecular flexibility index (Phi) is 3.81. The number of hydrogen-bond donors (Lipinski definition) is 3. The molecule has 0 unspecified atom stereocenters. The molecule has 0 aromatic rings. The molecule has 0 aromatic carbocycles. The van der Waals surface area contributed by atoms with Gasteiger partial charge in [0.25, 0.3) is 0 Å². The second kappa shape index (κ2) is 5.41. The van der Waals surface area contributed by atoms with Crippen LogP contribution in [-0.4, -0.2) is 32.1 Å². The van der Waals surface area contributed by atoms with Crippen molar-refractivity contribution in [2.24, 2.45) is 28.9 Å². The number of nitrogens with two attached hydrogens (primary N) is 1. The minimum Gasteiger partial charge on any atom is -0.354 e. The molecule has 4 fully saturated rings. The van der Waals surface area contributed by atoms with Crippen LogP contribution in [0.2, 0.25) is 0 Å². The van der Waals surface area contributed by atoms with Gasteiger partial charge in [0.15, 0.2) is 0 Å². The summed E-state index contributed by atoms with van der Waals surface area (Å²) in [5, 5.41) is 6.38. The highest BCUT2D eigenvalue weighted by atomic mass is 16.2. The number of nitrogens with one attached hydrogen (secondary N) is 2. The van der Waals surface area contributed by atoms with Crippen LogP contribution < -0.4 is 16.4 Å². The lowest BCUT2D eigenvalue weighted by Crippen LogP contribution is -2.54. The van der Waals surface area contributed by atoms with Gasteiger partial charge in [0.1, 0.15) is 0 Å². The van der Waals surface area contributed by atoms with Crippen LogP contribution in [0, 0.1) is 23.2 Å². The quantitative estimate of drug-likeness (QED) is 0.624. The highest BCUT2D eigenvalue weighted by Gasteiger charge is 2.54. The average molecular weight is 265 g/mol. The molecule has 1 amide bonds. The lowest BCUT2D eigenvalue weighted by molar-refractivity contribution is -0.146. The molecule has 0 aromatic heterocycles. The second-order valence-corrected chi connectivity index (χ2v) is 6.99. The van der Waals surface area contributed by atoms with E-state index >= 15 is 0 Å². The van der Waals surface area contributed by atoms with Crippen molar-refractivity contribution in [1.82, 2.24) is 10.6 Å². The molecule has 4 nitrogen and oxygen atoms in total. The molecular formula is C15H27N3O. The summed E-state index contributed by atoms with van der Waals surface area (Å²) in [4.78, 5) is 12.6. The molecular weight excluding hydrogens is 238 g/mol. The summed E-state index contributed by atoms with van der Waals surface area (Å²) in [5.74, 6) is 2.85. The van der Waals surface area contributed by atoms with Crippen molar-refractivity contribution in [3.8, 4) is 0 Å². The second-order valence-electron chi connectivity index (χ2n) is 6.99. The summed E-state index contributed by atoms with van der Waals surface area (Å²) in [6, 6.07) is 0. The molecule has 4 rings (SSSR count). The predicted molar refractivity (Wildman–Crippen MR) is 75.5 cm³/mol. The number of amides is 1. The smallest absolute Gasteiger partial charge is 0.226 e. The Labute approximate surface area is 115 Å². The fraction of sp³-hybridized carbons (Fsp3) is 0.933. The van der Waals surface area contributed by atoms with Crippen LogP contribution in [0.1, 0.15) is 38.5 Å². The van der Waals surface area contributed by atoms with Gasteiger partial charge in [0.2, 0.25) is 5.91 Å². The van der Waals surface area contributed by atoms with Gasteiger partial charge in [0, 0.05) is 31.6 Å². The van der Waals surface area contributed by atoms with Crippen molar-refractivity contribution >= 4 is 5.91 Å².